The topological polar surface area (TPSA) is 71.3 Å². The fraction of sp³-hybridized carbons (Fsp3) is 0.400. The maximum absolute atomic E-state index is 11.7. The van der Waals surface area contributed by atoms with Gasteiger partial charge in [0, 0.05) is 13.2 Å². The summed E-state index contributed by atoms with van der Waals surface area (Å²) < 4.78 is 1.55. The Balaban J connectivity index is 2.79. The van der Waals surface area contributed by atoms with Gasteiger partial charge in [-0.25, -0.2) is 4.79 Å². The molecule has 0 unspecified atom stereocenters. The smallest absolute Gasteiger partial charge is 0.326 e. The van der Waals surface area contributed by atoms with E-state index in [0.717, 1.165) is 0 Å². The molecule has 0 aromatic carbocycles. The number of nitrogens with one attached hydrogen (secondary N) is 1. The first-order valence-corrected chi connectivity index (χ1v) is 5.19. The fourth-order valence-corrected chi connectivity index (χ4v) is 1.57. The quantitative estimate of drug-likeness (QED) is 0.838. The summed E-state index contributed by atoms with van der Waals surface area (Å²) in [6.45, 7) is 1.69. The first kappa shape index (κ1) is 12.6. The first-order chi connectivity index (χ1) is 7.45. The van der Waals surface area contributed by atoms with E-state index in [2.05, 4.69) is 5.32 Å². The monoisotopic (exact) mass is 244 g/mol. The van der Waals surface area contributed by atoms with Crippen LogP contribution in [0.25, 0.3) is 0 Å². The average molecular weight is 245 g/mol. The van der Waals surface area contributed by atoms with Gasteiger partial charge < -0.3 is 15.0 Å². The summed E-state index contributed by atoms with van der Waals surface area (Å²) >= 11 is 5.73. The van der Waals surface area contributed by atoms with Gasteiger partial charge >= 0.3 is 5.97 Å². The number of carboxylic acid groups (broad SMARTS) is 1. The number of carboxylic acids is 1. The molecule has 0 bridgehead atoms. The molecule has 5 nitrogen and oxygen atoms in total. The van der Waals surface area contributed by atoms with Crippen molar-refractivity contribution in [1.29, 1.82) is 0 Å². The van der Waals surface area contributed by atoms with Gasteiger partial charge in [-0.05, 0) is 12.5 Å². The predicted molar refractivity (Wildman–Crippen MR) is 59.6 cm³/mol. The minimum atomic E-state index is -1.05. The van der Waals surface area contributed by atoms with Crippen LogP contribution in [0.15, 0.2) is 12.3 Å². The summed E-state index contributed by atoms with van der Waals surface area (Å²) in [6.07, 6.45) is 1.91. The molecule has 1 atom stereocenters. The van der Waals surface area contributed by atoms with E-state index in [1.165, 1.54) is 6.07 Å². The molecular formula is C10H13ClN2O3. The first-order valence-electron chi connectivity index (χ1n) is 4.81. The minimum absolute atomic E-state index is 0.333. The summed E-state index contributed by atoms with van der Waals surface area (Å²) in [6, 6.07) is 0.618. The fourth-order valence-electron chi connectivity index (χ4n) is 1.32. The number of halogens is 1. The molecule has 1 amide bonds. The normalized spacial score (nSPS) is 12.2. The zero-order valence-corrected chi connectivity index (χ0v) is 9.78. The van der Waals surface area contributed by atoms with E-state index in [-0.39, 0.29) is 0 Å². The highest BCUT2D eigenvalue weighted by Crippen LogP contribution is 2.12. The van der Waals surface area contributed by atoms with Crippen molar-refractivity contribution in [1.82, 2.24) is 9.88 Å². The van der Waals surface area contributed by atoms with Crippen LogP contribution in [0.2, 0.25) is 5.02 Å². The Hall–Kier alpha value is -1.49. The molecule has 1 heterocycles. The molecule has 88 valence electrons. The van der Waals surface area contributed by atoms with Crippen LogP contribution in [0, 0.1) is 0 Å². The number of amides is 1. The lowest BCUT2D eigenvalue weighted by Crippen LogP contribution is -2.40. The second kappa shape index (κ2) is 5.03. The van der Waals surface area contributed by atoms with Crippen LogP contribution >= 0.6 is 11.6 Å². The third-order valence-corrected chi connectivity index (χ3v) is 2.42. The molecule has 0 saturated heterocycles. The summed E-state index contributed by atoms with van der Waals surface area (Å²) in [4.78, 5) is 22.4. The maximum Gasteiger partial charge on any atom is 0.326 e. The van der Waals surface area contributed by atoms with E-state index in [1.54, 1.807) is 24.7 Å². The lowest BCUT2D eigenvalue weighted by molar-refractivity contribution is -0.139. The number of hydrogen-bond acceptors (Lipinski definition) is 2. The number of nitrogens with zero attached hydrogens (tertiary/aromatic N) is 1. The molecule has 0 fully saturated rings. The highest BCUT2D eigenvalue weighted by molar-refractivity contribution is 6.31. The van der Waals surface area contributed by atoms with Crippen LogP contribution in [0.5, 0.6) is 0 Å². The number of carbonyl (C=O) groups is 2. The van der Waals surface area contributed by atoms with Crippen LogP contribution in [0.3, 0.4) is 0 Å². The third kappa shape index (κ3) is 2.76. The predicted octanol–water partition coefficient (Wildman–Crippen LogP) is 1.27. The van der Waals surface area contributed by atoms with Crippen LogP contribution < -0.4 is 5.32 Å². The van der Waals surface area contributed by atoms with Crippen LogP contribution in [-0.2, 0) is 11.8 Å². The molecule has 1 aromatic rings. The van der Waals surface area contributed by atoms with Crippen molar-refractivity contribution in [2.45, 2.75) is 19.4 Å². The molecule has 2 N–H and O–H groups in total. The summed E-state index contributed by atoms with van der Waals surface area (Å²) in [5.41, 5.74) is 0.338. The van der Waals surface area contributed by atoms with E-state index in [4.69, 9.17) is 16.7 Å². The molecular weight excluding hydrogens is 232 g/mol. The van der Waals surface area contributed by atoms with Gasteiger partial charge in [0.25, 0.3) is 5.91 Å². The number of hydrogen-bond donors (Lipinski definition) is 2. The second-order valence-electron chi connectivity index (χ2n) is 3.43. The van der Waals surface area contributed by atoms with Gasteiger partial charge in [-0.15, -0.1) is 0 Å². The molecule has 0 aliphatic rings. The zero-order valence-electron chi connectivity index (χ0n) is 9.03. The Morgan fingerprint density at radius 3 is 2.62 bits per heavy atom. The zero-order chi connectivity index (χ0) is 12.3. The third-order valence-electron chi connectivity index (χ3n) is 2.22. The van der Waals surface area contributed by atoms with Gasteiger partial charge in [0.2, 0.25) is 0 Å². The average Bonchev–Trinajstić information content (AvgIpc) is 2.53. The van der Waals surface area contributed by atoms with Crippen molar-refractivity contribution >= 4 is 23.5 Å². The molecule has 1 rings (SSSR count). The number of aromatic nitrogens is 1. The molecule has 16 heavy (non-hydrogen) atoms. The van der Waals surface area contributed by atoms with Crippen molar-refractivity contribution < 1.29 is 14.7 Å². The van der Waals surface area contributed by atoms with Gasteiger partial charge in [-0.3, -0.25) is 4.79 Å². The van der Waals surface area contributed by atoms with Crippen LogP contribution in [0.1, 0.15) is 23.8 Å². The Morgan fingerprint density at radius 2 is 2.25 bits per heavy atom. The molecule has 0 aliphatic carbocycles. The van der Waals surface area contributed by atoms with Gasteiger partial charge in [0.15, 0.2) is 0 Å². The Kier molecular flexibility index (Phi) is 3.95. The largest absolute Gasteiger partial charge is 0.480 e. The summed E-state index contributed by atoms with van der Waals surface area (Å²) in [5.74, 6) is -1.49. The molecule has 0 aliphatic heterocycles. The number of rotatable bonds is 4. The number of carbonyl (C=O) groups excluding carboxylic acids is 1. The van der Waals surface area contributed by atoms with Gasteiger partial charge in [0.1, 0.15) is 11.7 Å². The standard InChI is InChI=1S/C10H13ClN2O3/c1-3-7(10(15)16)12-9(14)8-4-6(11)5-13(8)2/h4-5,7H,3H2,1-2H3,(H,12,14)(H,15,16)/t7-/m0/s1. The minimum Gasteiger partial charge on any atom is -0.480 e. The number of aryl methyl sites for hydroxylation is 1. The Labute approximate surface area is 98.0 Å². The second-order valence-corrected chi connectivity index (χ2v) is 3.86. The molecule has 6 heteroatoms. The summed E-state index contributed by atoms with van der Waals surface area (Å²) in [5, 5.41) is 11.7. The molecule has 0 spiro atoms. The van der Waals surface area contributed by atoms with Crippen molar-refractivity contribution in [3.63, 3.8) is 0 Å². The van der Waals surface area contributed by atoms with E-state index in [0.29, 0.717) is 17.1 Å². The number of aliphatic carboxylic acids is 1. The lowest BCUT2D eigenvalue weighted by atomic mass is 10.2. The van der Waals surface area contributed by atoms with Crippen LogP contribution in [-0.4, -0.2) is 27.6 Å². The molecule has 0 radical (unpaired) electrons. The Morgan fingerprint density at radius 1 is 1.62 bits per heavy atom. The van der Waals surface area contributed by atoms with E-state index >= 15 is 0 Å². The SMILES string of the molecule is CC[C@H](NC(=O)c1cc(Cl)cn1C)C(=O)O. The van der Waals surface area contributed by atoms with Crippen LogP contribution in [0.4, 0.5) is 0 Å². The highest BCUT2D eigenvalue weighted by Gasteiger charge is 2.20. The van der Waals surface area contributed by atoms with Crippen molar-refractivity contribution in [2.24, 2.45) is 7.05 Å². The van der Waals surface area contributed by atoms with Gasteiger partial charge in [-0.2, -0.15) is 0 Å². The van der Waals surface area contributed by atoms with E-state index in [1.807, 2.05) is 0 Å². The lowest BCUT2D eigenvalue weighted by Gasteiger charge is -2.12. The molecule has 0 saturated carbocycles. The maximum atomic E-state index is 11.7. The summed E-state index contributed by atoms with van der Waals surface area (Å²) in [7, 11) is 1.67. The van der Waals surface area contributed by atoms with E-state index < -0.39 is 17.9 Å². The van der Waals surface area contributed by atoms with Gasteiger partial charge in [-0.1, -0.05) is 18.5 Å². The highest BCUT2D eigenvalue weighted by atomic mass is 35.5. The molecule has 1 aromatic heterocycles. The van der Waals surface area contributed by atoms with Gasteiger partial charge in [0.05, 0.1) is 5.02 Å². The van der Waals surface area contributed by atoms with Crippen molar-refractivity contribution in [2.75, 3.05) is 0 Å². The Bertz CT molecular complexity index is 414. The van der Waals surface area contributed by atoms with Crippen molar-refractivity contribution in [3.05, 3.63) is 23.0 Å². The van der Waals surface area contributed by atoms with Crippen molar-refractivity contribution in [3.8, 4) is 0 Å². The van der Waals surface area contributed by atoms with E-state index in [9.17, 15) is 9.59 Å².